The van der Waals surface area contributed by atoms with E-state index in [2.05, 4.69) is 15.1 Å². The van der Waals surface area contributed by atoms with Gasteiger partial charge in [0, 0.05) is 31.0 Å². The van der Waals surface area contributed by atoms with Gasteiger partial charge in [0.05, 0.1) is 17.9 Å². The summed E-state index contributed by atoms with van der Waals surface area (Å²) in [7, 11) is 0. The molecular weight excluding hydrogens is 404 g/mol. The molecule has 0 saturated carbocycles. The Morgan fingerprint density at radius 3 is 2.72 bits per heavy atom. The van der Waals surface area contributed by atoms with E-state index >= 15 is 0 Å². The first-order chi connectivity index (χ1) is 15.7. The van der Waals surface area contributed by atoms with E-state index in [1.54, 1.807) is 10.7 Å². The third-order valence-corrected chi connectivity index (χ3v) is 6.46. The van der Waals surface area contributed by atoms with Gasteiger partial charge in [-0.25, -0.2) is 19.5 Å². The van der Waals surface area contributed by atoms with Gasteiger partial charge in [-0.1, -0.05) is 30.3 Å². The van der Waals surface area contributed by atoms with Crippen LogP contribution in [0.3, 0.4) is 0 Å². The molecule has 5 heterocycles. The molecule has 3 aromatic heterocycles. The SMILES string of the molecule is O=C(c1ccc2ncnn2c1)N1CCC2(CC1)OCCc1cnc(-c3ccccc3)nc12. The average Bonchev–Trinajstić information content (AvgIpc) is 3.33. The molecule has 1 aromatic carbocycles. The molecule has 0 aliphatic carbocycles. The predicted octanol–water partition coefficient (Wildman–Crippen LogP) is 2.89. The summed E-state index contributed by atoms with van der Waals surface area (Å²) in [5.41, 5.74) is 3.98. The van der Waals surface area contributed by atoms with Crippen molar-refractivity contribution < 1.29 is 9.53 Å². The molecule has 0 atom stereocenters. The highest BCUT2D eigenvalue weighted by Gasteiger charge is 2.43. The average molecular weight is 426 g/mol. The summed E-state index contributed by atoms with van der Waals surface area (Å²) >= 11 is 0. The van der Waals surface area contributed by atoms with Crippen molar-refractivity contribution in [1.29, 1.82) is 0 Å². The van der Waals surface area contributed by atoms with Gasteiger partial charge in [0.1, 0.15) is 11.9 Å². The van der Waals surface area contributed by atoms with Gasteiger partial charge in [-0.3, -0.25) is 4.79 Å². The van der Waals surface area contributed by atoms with Crippen molar-refractivity contribution in [3.63, 3.8) is 0 Å². The van der Waals surface area contributed by atoms with Crippen molar-refractivity contribution in [2.45, 2.75) is 24.9 Å². The fraction of sp³-hybridized carbons (Fsp3) is 0.292. The zero-order valence-corrected chi connectivity index (χ0v) is 17.5. The predicted molar refractivity (Wildman–Crippen MR) is 117 cm³/mol. The van der Waals surface area contributed by atoms with Gasteiger partial charge < -0.3 is 9.64 Å². The van der Waals surface area contributed by atoms with Crippen molar-refractivity contribution >= 4 is 11.6 Å². The van der Waals surface area contributed by atoms with Crippen LogP contribution in [0.5, 0.6) is 0 Å². The van der Waals surface area contributed by atoms with E-state index < -0.39 is 5.60 Å². The number of ether oxygens (including phenoxy) is 1. The summed E-state index contributed by atoms with van der Waals surface area (Å²) in [5, 5.41) is 4.13. The Labute approximate surface area is 184 Å². The molecule has 1 spiro atoms. The second-order valence-electron chi connectivity index (χ2n) is 8.30. The highest BCUT2D eigenvalue weighted by molar-refractivity contribution is 5.94. The van der Waals surface area contributed by atoms with Crippen molar-refractivity contribution in [3.8, 4) is 11.4 Å². The van der Waals surface area contributed by atoms with Gasteiger partial charge in [0.2, 0.25) is 0 Å². The second kappa shape index (κ2) is 7.49. The van der Waals surface area contributed by atoms with Crippen LogP contribution in [0, 0.1) is 0 Å². The molecule has 1 fully saturated rings. The molecule has 4 aromatic rings. The zero-order chi connectivity index (χ0) is 21.5. The lowest BCUT2D eigenvalue weighted by Gasteiger charge is -2.44. The van der Waals surface area contributed by atoms with Gasteiger partial charge >= 0.3 is 0 Å². The molecule has 160 valence electrons. The maximum absolute atomic E-state index is 13.1. The first-order valence-electron chi connectivity index (χ1n) is 10.9. The van der Waals surface area contributed by atoms with Gasteiger partial charge in [-0.15, -0.1) is 0 Å². The molecule has 2 aliphatic heterocycles. The molecule has 0 radical (unpaired) electrons. The molecule has 0 N–H and O–H groups in total. The summed E-state index contributed by atoms with van der Waals surface area (Å²) in [4.78, 5) is 28.7. The maximum Gasteiger partial charge on any atom is 0.255 e. The van der Waals surface area contributed by atoms with Crippen LogP contribution in [0.15, 0.2) is 61.2 Å². The number of rotatable bonds is 2. The number of benzene rings is 1. The van der Waals surface area contributed by atoms with Crippen LogP contribution in [0.1, 0.15) is 34.5 Å². The quantitative estimate of drug-likeness (QED) is 0.490. The Hall–Kier alpha value is -3.65. The van der Waals surface area contributed by atoms with Crippen LogP contribution in [0.4, 0.5) is 0 Å². The summed E-state index contributed by atoms with van der Waals surface area (Å²) in [6.45, 7) is 1.87. The molecule has 0 bridgehead atoms. The number of carbonyl (C=O) groups is 1. The molecule has 8 heteroatoms. The summed E-state index contributed by atoms with van der Waals surface area (Å²) in [6.07, 6.45) is 7.40. The number of aromatic nitrogens is 5. The van der Waals surface area contributed by atoms with Gasteiger partial charge in [-0.05, 0) is 37.0 Å². The molecule has 6 rings (SSSR count). The van der Waals surface area contributed by atoms with Crippen LogP contribution >= 0.6 is 0 Å². The second-order valence-corrected chi connectivity index (χ2v) is 8.30. The number of hydrogen-bond donors (Lipinski definition) is 0. The minimum atomic E-state index is -0.466. The number of likely N-dealkylation sites (tertiary alicyclic amines) is 1. The summed E-state index contributed by atoms with van der Waals surface area (Å²) < 4.78 is 7.98. The smallest absolute Gasteiger partial charge is 0.255 e. The number of nitrogens with zero attached hydrogens (tertiary/aromatic N) is 6. The number of fused-ring (bicyclic) bond motifs is 3. The summed E-state index contributed by atoms with van der Waals surface area (Å²) in [6, 6.07) is 13.6. The normalized spacial score (nSPS) is 17.4. The Balaban J connectivity index is 1.26. The monoisotopic (exact) mass is 426 g/mol. The van der Waals surface area contributed by atoms with Crippen molar-refractivity contribution in [1.82, 2.24) is 29.5 Å². The molecule has 0 unspecified atom stereocenters. The van der Waals surface area contributed by atoms with Crippen molar-refractivity contribution in [2.75, 3.05) is 19.7 Å². The summed E-state index contributed by atoms with van der Waals surface area (Å²) in [5.74, 6) is 0.717. The lowest BCUT2D eigenvalue weighted by molar-refractivity contribution is -0.0967. The van der Waals surface area contributed by atoms with E-state index in [-0.39, 0.29) is 5.91 Å². The fourth-order valence-corrected chi connectivity index (χ4v) is 4.71. The fourth-order valence-electron chi connectivity index (χ4n) is 4.71. The van der Waals surface area contributed by atoms with Crippen LogP contribution in [-0.2, 0) is 16.8 Å². The van der Waals surface area contributed by atoms with Gasteiger partial charge in [-0.2, -0.15) is 5.10 Å². The van der Waals surface area contributed by atoms with E-state index in [9.17, 15) is 4.79 Å². The van der Waals surface area contributed by atoms with E-state index in [1.807, 2.05) is 53.6 Å². The Morgan fingerprint density at radius 1 is 1.03 bits per heavy atom. The van der Waals surface area contributed by atoms with E-state index in [0.29, 0.717) is 43.9 Å². The van der Waals surface area contributed by atoms with Crippen LogP contribution < -0.4 is 0 Å². The topological polar surface area (TPSA) is 85.5 Å². The van der Waals surface area contributed by atoms with Crippen LogP contribution in [0.2, 0.25) is 0 Å². The zero-order valence-electron chi connectivity index (χ0n) is 17.5. The Morgan fingerprint density at radius 2 is 1.88 bits per heavy atom. The third kappa shape index (κ3) is 3.15. The molecule has 8 nitrogen and oxygen atoms in total. The first kappa shape index (κ1) is 19.1. The molecule has 1 amide bonds. The number of amides is 1. The van der Waals surface area contributed by atoms with Gasteiger partial charge in [0.25, 0.3) is 5.91 Å². The molecule has 32 heavy (non-hydrogen) atoms. The lowest BCUT2D eigenvalue weighted by atomic mass is 9.83. The highest BCUT2D eigenvalue weighted by atomic mass is 16.5. The Bertz CT molecular complexity index is 1290. The largest absolute Gasteiger partial charge is 0.368 e. The number of piperidine rings is 1. The molecular formula is C24H22N6O2. The highest BCUT2D eigenvalue weighted by Crippen LogP contribution is 2.41. The van der Waals surface area contributed by atoms with E-state index in [0.717, 1.165) is 28.9 Å². The molecule has 2 aliphatic rings. The molecule has 1 saturated heterocycles. The number of hydrogen-bond acceptors (Lipinski definition) is 6. The van der Waals surface area contributed by atoms with Crippen molar-refractivity contribution in [3.05, 3.63) is 78.0 Å². The third-order valence-electron chi connectivity index (χ3n) is 6.46. The van der Waals surface area contributed by atoms with E-state index in [1.165, 1.54) is 6.33 Å². The first-order valence-corrected chi connectivity index (χ1v) is 10.9. The van der Waals surface area contributed by atoms with E-state index in [4.69, 9.17) is 9.72 Å². The van der Waals surface area contributed by atoms with Crippen molar-refractivity contribution in [2.24, 2.45) is 0 Å². The number of carbonyl (C=O) groups excluding carboxylic acids is 1. The maximum atomic E-state index is 13.1. The van der Waals surface area contributed by atoms with Crippen LogP contribution in [0.25, 0.3) is 17.0 Å². The Kier molecular flexibility index (Phi) is 4.46. The lowest BCUT2D eigenvalue weighted by Crippen LogP contribution is -2.49. The standard InChI is InChI=1S/C24H22N6O2/c31-23(19-6-7-20-26-16-27-30(20)15-19)29-11-9-24(10-12-29)21-18(8-13-32-24)14-25-22(28-21)17-4-2-1-3-5-17/h1-7,14-16H,8-13H2. The van der Waals surface area contributed by atoms with Crippen LogP contribution in [-0.4, -0.2) is 55.1 Å². The van der Waals surface area contributed by atoms with Gasteiger partial charge in [0.15, 0.2) is 11.5 Å². The minimum Gasteiger partial charge on any atom is -0.368 e. The number of pyridine rings is 1. The minimum absolute atomic E-state index is 0.000875.